The Morgan fingerprint density at radius 2 is 1.95 bits per heavy atom. The molecule has 2 aromatic rings. The summed E-state index contributed by atoms with van der Waals surface area (Å²) in [5, 5.41) is 0. The molecular formula is C13H11F2N3O. The van der Waals surface area contributed by atoms with Gasteiger partial charge in [0.25, 0.3) is 0 Å². The Kier molecular flexibility index (Phi) is 3.41. The predicted molar refractivity (Wildman–Crippen MR) is 67.8 cm³/mol. The maximum atomic E-state index is 13.2. The first-order valence-electron chi connectivity index (χ1n) is 5.46. The molecule has 1 amide bonds. The number of nitrogen functional groups attached to an aromatic ring is 1. The van der Waals surface area contributed by atoms with Crippen LogP contribution in [-0.4, -0.2) is 10.9 Å². The SMILES string of the molecule is CC(=O)N(c1ccc(F)c(F)c1)c1cc(N)ccn1. The van der Waals surface area contributed by atoms with Gasteiger partial charge in [-0.3, -0.25) is 9.69 Å². The zero-order valence-corrected chi connectivity index (χ0v) is 10.1. The van der Waals surface area contributed by atoms with Crippen LogP contribution in [0.5, 0.6) is 0 Å². The number of amides is 1. The van der Waals surface area contributed by atoms with Gasteiger partial charge in [0.1, 0.15) is 5.82 Å². The Hall–Kier alpha value is -2.50. The average Bonchev–Trinajstić information content (AvgIpc) is 2.33. The van der Waals surface area contributed by atoms with Gasteiger partial charge in [-0.15, -0.1) is 0 Å². The third-order valence-corrected chi connectivity index (χ3v) is 2.47. The van der Waals surface area contributed by atoms with Crippen molar-refractivity contribution >= 4 is 23.1 Å². The average molecular weight is 263 g/mol. The topological polar surface area (TPSA) is 59.2 Å². The molecular weight excluding hydrogens is 252 g/mol. The Balaban J connectivity index is 2.51. The van der Waals surface area contributed by atoms with Crippen molar-refractivity contribution in [1.82, 2.24) is 4.98 Å². The molecule has 0 fully saturated rings. The smallest absolute Gasteiger partial charge is 0.229 e. The number of hydrogen-bond acceptors (Lipinski definition) is 3. The number of hydrogen-bond donors (Lipinski definition) is 1. The van der Waals surface area contributed by atoms with Crippen LogP contribution in [-0.2, 0) is 4.79 Å². The maximum Gasteiger partial charge on any atom is 0.229 e. The molecule has 1 aromatic heterocycles. The highest BCUT2D eigenvalue weighted by molar-refractivity contribution is 5.98. The van der Waals surface area contributed by atoms with Gasteiger partial charge in [0.05, 0.1) is 5.69 Å². The van der Waals surface area contributed by atoms with E-state index in [4.69, 9.17) is 5.73 Å². The number of halogens is 2. The molecule has 0 saturated carbocycles. The molecule has 98 valence electrons. The van der Waals surface area contributed by atoms with Gasteiger partial charge in [-0.05, 0) is 18.2 Å². The molecule has 0 bridgehead atoms. The van der Waals surface area contributed by atoms with Crippen molar-refractivity contribution in [3.8, 4) is 0 Å². The minimum absolute atomic E-state index is 0.185. The van der Waals surface area contributed by atoms with Crippen LogP contribution in [0.25, 0.3) is 0 Å². The molecule has 2 rings (SSSR count). The van der Waals surface area contributed by atoms with Gasteiger partial charge < -0.3 is 5.73 Å². The lowest BCUT2D eigenvalue weighted by molar-refractivity contribution is -0.115. The number of nitrogens with two attached hydrogens (primary N) is 1. The van der Waals surface area contributed by atoms with Gasteiger partial charge in [0.15, 0.2) is 11.6 Å². The minimum atomic E-state index is -1.03. The fourth-order valence-electron chi connectivity index (χ4n) is 1.66. The van der Waals surface area contributed by atoms with E-state index in [0.29, 0.717) is 5.69 Å². The maximum absolute atomic E-state index is 13.2. The molecule has 1 aromatic carbocycles. The van der Waals surface area contributed by atoms with Gasteiger partial charge >= 0.3 is 0 Å². The van der Waals surface area contributed by atoms with Crippen LogP contribution in [0.2, 0.25) is 0 Å². The van der Waals surface area contributed by atoms with Gasteiger partial charge in [0, 0.05) is 30.9 Å². The van der Waals surface area contributed by atoms with Crippen molar-refractivity contribution in [2.45, 2.75) is 6.92 Å². The van der Waals surface area contributed by atoms with Gasteiger partial charge in [-0.25, -0.2) is 13.8 Å². The first-order valence-corrected chi connectivity index (χ1v) is 5.46. The summed E-state index contributed by atoms with van der Waals surface area (Å²) in [5.74, 6) is -2.15. The van der Waals surface area contributed by atoms with Crippen molar-refractivity contribution in [3.05, 3.63) is 48.2 Å². The van der Waals surface area contributed by atoms with Crippen LogP contribution < -0.4 is 10.6 Å². The van der Waals surface area contributed by atoms with Crippen LogP contribution in [0.1, 0.15) is 6.92 Å². The number of benzene rings is 1. The van der Waals surface area contributed by atoms with Gasteiger partial charge in [-0.1, -0.05) is 0 Å². The molecule has 0 saturated heterocycles. The largest absolute Gasteiger partial charge is 0.399 e. The van der Waals surface area contributed by atoms with E-state index in [1.165, 1.54) is 25.3 Å². The minimum Gasteiger partial charge on any atom is -0.399 e. The highest BCUT2D eigenvalue weighted by atomic mass is 19.2. The lowest BCUT2D eigenvalue weighted by Crippen LogP contribution is -2.24. The molecule has 0 aliphatic carbocycles. The summed E-state index contributed by atoms with van der Waals surface area (Å²) in [6.45, 7) is 1.30. The van der Waals surface area contributed by atoms with Crippen molar-refractivity contribution in [2.75, 3.05) is 10.6 Å². The Morgan fingerprint density at radius 3 is 2.53 bits per heavy atom. The van der Waals surface area contributed by atoms with Gasteiger partial charge in [-0.2, -0.15) is 0 Å². The molecule has 0 radical (unpaired) electrons. The summed E-state index contributed by atoms with van der Waals surface area (Å²) in [6, 6.07) is 6.22. The zero-order chi connectivity index (χ0) is 14.0. The number of anilines is 3. The molecule has 0 atom stereocenters. The Bertz CT molecular complexity index is 631. The van der Waals surface area contributed by atoms with E-state index in [1.807, 2.05) is 0 Å². The second-order valence-electron chi connectivity index (χ2n) is 3.90. The van der Waals surface area contributed by atoms with Crippen LogP contribution in [0, 0.1) is 11.6 Å². The van der Waals surface area contributed by atoms with Crippen molar-refractivity contribution < 1.29 is 13.6 Å². The lowest BCUT2D eigenvalue weighted by atomic mass is 10.2. The monoisotopic (exact) mass is 263 g/mol. The summed E-state index contributed by atoms with van der Waals surface area (Å²) < 4.78 is 26.2. The highest BCUT2D eigenvalue weighted by Crippen LogP contribution is 2.26. The van der Waals surface area contributed by atoms with Crippen LogP contribution in [0.4, 0.5) is 26.0 Å². The third kappa shape index (κ3) is 2.67. The number of aromatic nitrogens is 1. The quantitative estimate of drug-likeness (QED) is 0.906. The molecule has 0 aliphatic heterocycles. The van der Waals surface area contributed by atoms with Crippen LogP contribution in [0.3, 0.4) is 0 Å². The Morgan fingerprint density at radius 1 is 1.21 bits per heavy atom. The molecule has 19 heavy (non-hydrogen) atoms. The summed E-state index contributed by atoms with van der Waals surface area (Å²) in [4.78, 5) is 16.8. The van der Waals surface area contributed by atoms with E-state index in [0.717, 1.165) is 17.0 Å². The summed E-state index contributed by atoms with van der Waals surface area (Å²) in [5.41, 5.74) is 6.22. The van der Waals surface area contributed by atoms with E-state index >= 15 is 0 Å². The molecule has 6 heteroatoms. The first-order chi connectivity index (χ1) is 8.99. The number of nitrogens with zero attached hydrogens (tertiary/aromatic N) is 2. The summed E-state index contributed by atoms with van der Waals surface area (Å²) in [7, 11) is 0. The standard InChI is InChI=1S/C13H11F2N3O/c1-8(19)18(13-6-9(16)4-5-17-13)10-2-3-11(14)12(15)7-10/h2-7H,1H3,(H2,16,17). The van der Waals surface area contributed by atoms with Crippen molar-refractivity contribution in [2.24, 2.45) is 0 Å². The van der Waals surface area contributed by atoms with E-state index < -0.39 is 11.6 Å². The number of carbonyl (C=O) groups is 1. The normalized spacial score (nSPS) is 10.3. The zero-order valence-electron chi connectivity index (χ0n) is 10.1. The number of rotatable bonds is 2. The van der Waals surface area contributed by atoms with E-state index in [9.17, 15) is 13.6 Å². The first kappa shape index (κ1) is 12.9. The van der Waals surface area contributed by atoms with Gasteiger partial charge in [0.2, 0.25) is 5.91 Å². The number of carbonyl (C=O) groups excluding carboxylic acids is 1. The molecule has 4 nitrogen and oxygen atoms in total. The highest BCUT2D eigenvalue weighted by Gasteiger charge is 2.17. The summed E-state index contributed by atoms with van der Waals surface area (Å²) >= 11 is 0. The fourth-order valence-corrected chi connectivity index (χ4v) is 1.66. The lowest BCUT2D eigenvalue weighted by Gasteiger charge is -2.20. The second-order valence-corrected chi connectivity index (χ2v) is 3.90. The molecule has 0 unspecified atom stereocenters. The van der Waals surface area contributed by atoms with Crippen LogP contribution >= 0.6 is 0 Å². The molecule has 0 spiro atoms. The van der Waals surface area contributed by atoms with Crippen LogP contribution in [0.15, 0.2) is 36.5 Å². The molecule has 0 aliphatic rings. The predicted octanol–water partition coefficient (Wildman–Crippen LogP) is 2.63. The van der Waals surface area contributed by atoms with E-state index in [2.05, 4.69) is 4.98 Å². The van der Waals surface area contributed by atoms with E-state index in [-0.39, 0.29) is 17.4 Å². The molecule has 2 N–H and O–H groups in total. The Labute approximate surface area is 108 Å². The second kappa shape index (κ2) is 5.01. The third-order valence-electron chi connectivity index (χ3n) is 2.47. The summed E-state index contributed by atoms with van der Waals surface area (Å²) in [6.07, 6.45) is 1.43. The molecule has 1 heterocycles. The fraction of sp³-hybridized carbons (Fsp3) is 0.0769. The number of pyridine rings is 1. The van der Waals surface area contributed by atoms with Crippen molar-refractivity contribution in [1.29, 1.82) is 0 Å². The van der Waals surface area contributed by atoms with Crippen molar-refractivity contribution in [3.63, 3.8) is 0 Å². The van der Waals surface area contributed by atoms with E-state index in [1.54, 1.807) is 6.07 Å².